The third-order valence-electron chi connectivity index (χ3n) is 2.79. The minimum Gasteiger partial charge on any atom is -0.495 e. The molecule has 0 radical (unpaired) electrons. The Morgan fingerprint density at radius 1 is 1.56 bits per heavy atom. The molecule has 0 amide bonds. The van der Waals surface area contributed by atoms with Gasteiger partial charge >= 0.3 is 0 Å². The van der Waals surface area contributed by atoms with Crippen LogP contribution >= 0.6 is 0 Å². The number of benzene rings is 1. The van der Waals surface area contributed by atoms with E-state index in [9.17, 15) is 0 Å². The van der Waals surface area contributed by atoms with E-state index >= 15 is 0 Å². The van der Waals surface area contributed by atoms with Crippen molar-refractivity contribution in [2.24, 2.45) is 0 Å². The lowest BCUT2D eigenvalue weighted by atomic mass is 10.2. The molecule has 4 heteroatoms. The molecule has 0 aliphatic carbocycles. The molecule has 1 fully saturated rings. The molecule has 1 aliphatic rings. The van der Waals surface area contributed by atoms with E-state index in [-0.39, 0.29) is 0 Å². The number of nitrogens with two attached hydrogens (primary N) is 1. The number of methoxy groups -OCH3 is 1. The number of hydrogen-bond donors (Lipinski definition) is 2. The molecule has 16 heavy (non-hydrogen) atoms. The summed E-state index contributed by atoms with van der Waals surface area (Å²) in [4.78, 5) is 0. The van der Waals surface area contributed by atoms with E-state index < -0.39 is 0 Å². The lowest BCUT2D eigenvalue weighted by molar-refractivity contribution is 0.120. The lowest BCUT2D eigenvalue weighted by Gasteiger charge is -2.13. The van der Waals surface area contributed by atoms with Crippen molar-refractivity contribution in [1.82, 2.24) is 0 Å². The van der Waals surface area contributed by atoms with E-state index in [1.807, 2.05) is 18.2 Å². The number of hydrogen-bond acceptors (Lipinski definition) is 4. The molecule has 4 nitrogen and oxygen atoms in total. The molecular formula is C12H18N2O2. The molecule has 0 saturated carbocycles. The Morgan fingerprint density at radius 3 is 3.12 bits per heavy atom. The Kier molecular flexibility index (Phi) is 3.51. The van der Waals surface area contributed by atoms with Crippen LogP contribution in [0, 0.1) is 0 Å². The fraction of sp³-hybridized carbons (Fsp3) is 0.500. The molecule has 0 aromatic heterocycles. The Bertz CT molecular complexity index is 349. The van der Waals surface area contributed by atoms with Gasteiger partial charge < -0.3 is 20.5 Å². The molecule has 1 heterocycles. The summed E-state index contributed by atoms with van der Waals surface area (Å²) in [5, 5.41) is 3.33. The average Bonchev–Trinajstić information content (AvgIpc) is 2.81. The van der Waals surface area contributed by atoms with Gasteiger partial charge in [-0.25, -0.2) is 0 Å². The second-order valence-electron chi connectivity index (χ2n) is 3.97. The van der Waals surface area contributed by atoms with Gasteiger partial charge in [-0.15, -0.1) is 0 Å². The van der Waals surface area contributed by atoms with E-state index in [0.29, 0.717) is 17.5 Å². The summed E-state index contributed by atoms with van der Waals surface area (Å²) in [6.07, 6.45) is 2.64. The molecule has 0 spiro atoms. The maximum atomic E-state index is 5.74. The van der Waals surface area contributed by atoms with E-state index in [0.717, 1.165) is 31.7 Å². The Labute approximate surface area is 95.7 Å². The molecule has 1 unspecified atom stereocenters. The molecule has 88 valence electrons. The van der Waals surface area contributed by atoms with Crippen molar-refractivity contribution < 1.29 is 9.47 Å². The molecule has 1 aromatic rings. The Morgan fingerprint density at radius 2 is 2.44 bits per heavy atom. The summed E-state index contributed by atoms with van der Waals surface area (Å²) in [5.41, 5.74) is 7.41. The first-order valence-corrected chi connectivity index (χ1v) is 5.58. The van der Waals surface area contributed by atoms with Crippen molar-refractivity contribution in [3.63, 3.8) is 0 Å². The zero-order valence-corrected chi connectivity index (χ0v) is 9.53. The summed E-state index contributed by atoms with van der Waals surface area (Å²) < 4.78 is 10.7. The zero-order chi connectivity index (χ0) is 11.4. The Balaban J connectivity index is 1.93. The average molecular weight is 222 g/mol. The van der Waals surface area contributed by atoms with Crippen LogP contribution in [-0.2, 0) is 4.74 Å². The third-order valence-corrected chi connectivity index (χ3v) is 2.79. The summed E-state index contributed by atoms with van der Waals surface area (Å²) in [5.74, 6) is 0.706. The smallest absolute Gasteiger partial charge is 0.143 e. The van der Waals surface area contributed by atoms with Gasteiger partial charge in [0.2, 0.25) is 0 Å². The van der Waals surface area contributed by atoms with E-state index in [4.69, 9.17) is 15.2 Å². The molecule has 1 atom stereocenters. The van der Waals surface area contributed by atoms with Crippen LogP contribution in [0.1, 0.15) is 12.8 Å². The maximum Gasteiger partial charge on any atom is 0.143 e. The van der Waals surface area contributed by atoms with Gasteiger partial charge in [-0.3, -0.25) is 0 Å². The largest absolute Gasteiger partial charge is 0.495 e. The first kappa shape index (κ1) is 11.1. The summed E-state index contributed by atoms with van der Waals surface area (Å²) in [6.45, 7) is 1.73. The molecule has 1 saturated heterocycles. The van der Waals surface area contributed by atoms with Crippen LogP contribution in [0.2, 0.25) is 0 Å². The fourth-order valence-corrected chi connectivity index (χ4v) is 1.86. The van der Waals surface area contributed by atoms with Crippen LogP contribution < -0.4 is 15.8 Å². The normalized spacial score (nSPS) is 19.7. The maximum absolute atomic E-state index is 5.74. The number of nitrogen functional groups attached to an aromatic ring is 1. The van der Waals surface area contributed by atoms with Crippen molar-refractivity contribution in [1.29, 1.82) is 0 Å². The summed E-state index contributed by atoms with van der Waals surface area (Å²) in [6, 6.07) is 5.70. The molecule has 1 aliphatic heterocycles. The van der Waals surface area contributed by atoms with Crippen LogP contribution in [0.3, 0.4) is 0 Å². The van der Waals surface area contributed by atoms with Gasteiger partial charge in [0.15, 0.2) is 0 Å². The van der Waals surface area contributed by atoms with Gasteiger partial charge in [-0.1, -0.05) is 0 Å². The highest BCUT2D eigenvalue weighted by atomic mass is 16.5. The van der Waals surface area contributed by atoms with Gasteiger partial charge in [0.1, 0.15) is 5.75 Å². The van der Waals surface area contributed by atoms with Gasteiger partial charge in [-0.2, -0.15) is 0 Å². The van der Waals surface area contributed by atoms with Crippen molar-refractivity contribution >= 4 is 11.4 Å². The fourth-order valence-electron chi connectivity index (χ4n) is 1.86. The first-order valence-electron chi connectivity index (χ1n) is 5.58. The molecule has 3 N–H and O–H groups in total. The lowest BCUT2D eigenvalue weighted by Crippen LogP contribution is -2.18. The van der Waals surface area contributed by atoms with E-state index in [2.05, 4.69) is 5.32 Å². The molecule has 0 bridgehead atoms. The van der Waals surface area contributed by atoms with Crippen LogP contribution in [0.4, 0.5) is 11.4 Å². The molecule has 1 aromatic carbocycles. The van der Waals surface area contributed by atoms with Gasteiger partial charge in [0.25, 0.3) is 0 Å². The minimum atomic E-state index is 0.337. The van der Waals surface area contributed by atoms with Crippen LogP contribution in [0.25, 0.3) is 0 Å². The quantitative estimate of drug-likeness (QED) is 0.764. The predicted molar refractivity (Wildman–Crippen MR) is 64.9 cm³/mol. The van der Waals surface area contributed by atoms with Crippen LogP contribution in [-0.4, -0.2) is 26.4 Å². The van der Waals surface area contributed by atoms with E-state index in [1.54, 1.807) is 7.11 Å². The van der Waals surface area contributed by atoms with Crippen LogP contribution in [0.15, 0.2) is 18.2 Å². The third kappa shape index (κ3) is 2.58. The number of ether oxygens (including phenoxy) is 2. The highest BCUT2D eigenvalue weighted by Crippen LogP contribution is 2.25. The highest BCUT2D eigenvalue weighted by Gasteiger charge is 2.14. The van der Waals surface area contributed by atoms with Crippen molar-refractivity contribution in [2.75, 3.05) is 31.3 Å². The first-order chi connectivity index (χ1) is 7.79. The van der Waals surface area contributed by atoms with E-state index in [1.165, 1.54) is 0 Å². The second kappa shape index (κ2) is 5.07. The molecular weight excluding hydrogens is 204 g/mol. The highest BCUT2D eigenvalue weighted by molar-refractivity contribution is 5.61. The SMILES string of the molecule is COc1cc(NCC2CCCO2)ccc1N. The summed E-state index contributed by atoms with van der Waals surface area (Å²) in [7, 11) is 1.62. The number of anilines is 2. The zero-order valence-electron chi connectivity index (χ0n) is 9.53. The second-order valence-corrected chi connectivity index (χ2v) is 3.97. The number of rotatable bonds is 4. The van der Waals surface area contributed by atoms with Crippen molar-refractivity contribution in [3.05, 3.63) is 18.2 Å². The van der Waals surface area contributed by atoms with Gasteiger partial charge in [-0.05, 0) is 25.0 Å². The van der Waals surface area contributed by atoms with Crippen molar-refractivity contribution in [2.45, 2.75) is 18.9 Å². The summed E-state index contributed by atoms with van der Waals surface area (Å²) >= 11 is 0. The predicted octanol–water partition coefficient (Wildman–Crippen LogP) is 1.87. The topological polar surface area (TPSA) is 56.5 Å². The van der Waals surface area contributed by atoms with Crippen molar-refractivity contribution in [3.8, 4) is 5.75 Å². The monoisotopic (exact) mass is 222 g/mol. The van der Waals surface area contributed by atoms with Gasteiger partial charge in [0, 0.05) is 24.9 Å². The molecule has 2 rings (SSSR count). The Hall–Kier alpha value is -1.42. The standard InChI is InChI=1S/C12H18N2O2/c1-15-12-7-9(4-5-11(12)13)14-8-10-3-2-6-16-10/h4-5,7,10,14H,2-3,6,8,13H2,1H3. The van der Waals surface area contributed by atoms with Crippen LogP contribution in [0.5, 0.6) is 5.75 Å². The number of nitrogens with one attached hydrogen (secondary N) is 1. The minimum absolute atomic E-state index is 0.337. The van der Waals surface area contributed by atoms with Gasteiger partial charge in [0.05, 0.1) is 18.9 Å².